The van der Waals surface area contributed by atoms with Crippen LogP contribution in [-0.4, -0.2) is 11.8 Å². The number of fused-ring (bicyclic) bond motifs is 1. The van der Waals surface area contributed by atoms with Gasteiger partial charge in [-0.1, -0.05) is 29.8 Å². The Balaban J connectivity index is 1.62. The topological polar surface area (TPSA) is 62.6 Å². The van der Waals surface area contributed by atoms with Gasteiger partial charge >= 0.3 is 0 Å². The molecule has 4 rings (SSSR count). The number of aryl methyl sites for hydroxylation is 1. The van der Waals surface area contributed by atoms with Crippen molar-refractivity contribution in [2.45, 2.75) is 13.3 Å². The van der Waals surface area contributed by atoms with E-state index in [1.165, 1.54) is 6.26 Å². The summed E-state index contributed by atoms with van der Waals surface area (Å²) in [5, 5.41) is 3.13. The molecule has 0 bridgehead atoms. The number of rotatable bonds is 3. The van der Waals surface area contributed by atoms with Crippen LogP contribution >= 0.6 is 11.6 Å². The Labute approximate surface area is 155 Å². The number of anilines is 3. The largest absolute Gasteiger partial charge is 0.459 e. The van der Waals surface area contributed by atoms with Crippen LogP contribution in [0, 0.1) is 6.92 Å². The molecule has 0 saturated heterocycles. The van der Waals surface area contributed by atoms with Gasteiger partial charge in [-0.25, -0.2) is 0 Å². The number of hydrogen-bond acceptors (Lipinski definition) is 3. The number of carbonyl (C=O) groups excluding carboxylic acids is 2. The molecule has 0 saturated carbocycles. The van der Waals surface area contributed by atoms with Gasteiger partial charge < -0.3 is 9.73 Å². The summed E-state index contributed by atoms with van der Waals surface area (Å²) in [7, 11) is 0. The highest BCUT2D eigenvalue weighted by Crippen LogP contribution is 2.39. The summed E-state index contributed by atoms with van der Waals surface area (Å²) in [5.74, 6) is -0.121. The first-order valence-corrected chi connectivity index (χ1v) is 8.48. The molecule has 26 heavy (non-hydrogen) atoms. The molecule has 6 heteroatoms. The Bertz CT molecular complexity index is 1030. The molecule has 0 radical (unpaired) electrons. The SMILES string of the molecule is Cc1ccoc1C(=O)Nc1ccc(N2C(=O)Cc3ccccc32)c(Cl)c1. The van der Waals surface area contributed by atoms with Gasteiger partial charge in [-0.3, -0.25) is 14.5 Å². The normalized spacial score (nSPS) is 13.0. The van der Waals surface area contributed by atoms with Gasteiger partial charge in [0.15, 0.2) is 5.76 Å². The fraction of sp³-hybridized carbons (Fsp3) is 0.100. The van der Waals surface area contributed by atoms with E-state index >= 15 is 0 Å². The van der Waals surface area contributed by atoms with E-state index in [1.807, 2.05) is 24.3 Å². The van der Waals surface area contributed by atoms with E-state index in [-0.39, 0.29) is 17.6 Å². The van der Waals surface area contributed by atoms with Crippen LogP contribution in [0.1, 0.15) is 21.7 Å². The molecule has 2 heterocycles. The minimum atomic E-state index is -0.348. The zero-order valence-electron chi connectivity index (χ0n) is 14.0. The zero-order chi connectivity index (χ0) is 18.3. The second-order valence-electron chi connectivity index (χ2n) is 6.09. The number of nitrogens with one attached hydrogen (secondary N) is 1. The minimum Gasteiger partial charge on any atom is -0.459 e. The van der Waals surface area contributed by atoms with E-state index in [0.29, 0.717) is 22.8 Å². The summed E-state index contributed by atoms with van der Waals surface area (Å²) in [4.78, 5) is 26.3. The van der Waals surface area contributed by atoms with Crippen LogP contribution in [0.4, 0.5) is 17.1 Å². The van der Waals surface area contributed by atoms with Gasteiger partial charge in [0.1, 0.15) is 0 Å². The highest BCUT2D eigenvalue weighted by Gasteiger charge is 2.29. The molecule has 0 spiro atoms. The summed E-state index contributed by atoms with van der Waals surface area (Å²) >= 11 is 6.41. The quantitative estimate of drug-likeness (QED) is 0.729. The van der Waals surface area contributed by atoms with E-state index in [2.05, 4.69) is 5.32 Å². The molecule has 130 valence electrons. The van der Waals surface area contributed by atoms with E-state index < -0.39 is 0 Å². The second-order valence-corrected chi connectivity index (χ2v) is 6.49. The molecular formula is C20H15ClN2O3. The van der Waals surface area contributed by atoms with Crippen molar-refractivity contribution in [2.75, 3.05) is 10.2 Å². The molecule has 2 amide bonds. The Hall–Kier alpha value is -3.05. The van der Waals surface area contributed by atoms with Crippen LogP contribution in [0.5, 0.6) is 0 Å². The van der Waals surface area contributed by atoms with Crippen LogP contribution in [-0.2, 0) is 11.2 Å². The molecule has 0 unspecified atom stereocenters. The third-order valence-corrected chi connectivity index (χ3v) is 4.64. The number of furan rings is 1. The van der Waals surface area contributed by atoms with E-state index in [0.717, 1.165) is 16.8 Å². The molecule has 0 atom stereocenters. The Morgan fingerprint density at radius 1 is 1.15 bits per heavy atom. The van der Waals surface area contributed by atoms with Gasteiger partial charge in [-0.15, -0.1) is 0 Å². The van der Waals surface area contributed by atoms with Gasteiger partial charge in [0.25, 0.3) is 5.91 Å². The maximum Gasteiger partial charge on any atom is 0.291 e. The molecule has 1 aromatic heterocycles. The zero-order valence-corrected chi connectivity index (χ0v) is 14.7. The van der Waals surface area contributed by atoms with E-state index in [4.69, 9.17) is 16.0 Å². The summed E-state index contributed by atoms with van der Waals surface area (Å²) in [6.07, 6.45) is 1.82. The number of benzene rings is 2. The van der Waals surface area contributed by atoms with E-state index in [9.17, 15) is 9.59 Å². The first kappa shape index (κ1) is 16.4. The highest BCUT2D eigenvalue weighted by atomic mass is 35.5. The number of amides is 2. The average Bonchev–Trinajstić information content (AvgIpc) is 3.18. The molecule has 5 nitrogen and oxygen atoms in total. The standard InChI is InChI=1S/C20H15ClN2O3/c1-12-8-9-26-19(12)20(25)22-14-6-7-17(15(21)11-14)23-16-5-3-2-4-13(16)10-18(23)24/h2-9,11H,10H2,1H3,(H,22,25). The Kier molecular flexibility index (Phi) is 4.01. The predicted octanol–water partition coefficient (Wildman–Crippen LogP) is 4.71. The number of carbonyl (C=O) groups is 2. The lowest BCUT2D eigenvalue weighted by atomic mass is 10.2. The fourth-order valence-corrected chi connectivity index (χ4v) is 3.34. The lowest BCUT2D eigenvalue weighted by Crippen LogP contribution is -2.21. The van der Waals surface area contributed by atoms with Crippen molar-refractivity contribution in [1.82, 2.24) is 0 Å². The first-order chi connectivity index (χ1) is 12.5. The highest BCUT2D eigenvalue weighted by molar-refractivity contribution is 6.34. The molecule has 1 aliphatic rings. The van der Waals surface area contributed by atoms with Crippen molar-refractivity contribution in [3.63, 3.8) is 0 Å². The smallest absolute Gasteiger partial charge is 0.291 e. The summed E-state index contributed by atoms with van der Waals surface area (Å²) in [6.45, 7) is 1.80. The van der Waals surface area contributed by atoms with Gasteiger partial charge in [0, 0.05) is 11.3 Å². The van der Waals surface area contributed by atoms with Crippen LogP contribution in [0.3, 0.4) is 0 Å². The Morgan fingerprint density at radius 2 is 1.96 bits per heavy atom. The first-order valence-electron chi connectivity index (χ1n) is 8.10. The Morgan fingerprint density at radius 3 is 2.69 bits per heavy atom. The maximum absolute atomic E-state index is 12.4. The monoisotopic (exact) mass is 366 g/mol. The molecule has 0 aliphatic carbocycles. The average molecular weight is 367 g/mol. The van der Waals surface area contributed by atoms with Crippen molar-refractivity contribution < 1.29 is 14.0 Å². The number of halogens is 1. The number of nitrogens with zero attached hydrogens (tertiary/aromatic N) is 1. The maximum atomic E-state index is 12.4. The molecule has 1 aliphatic heterocycles. The van der Waals surface area contributed by atoms with Crippen molar-refractivity contribution in [1.29, 1.82) is 0 Å². The molecular weight excluding hydrogens is 352 g/mol. The van der Waals surface area contributed by atoms with Crippen LogP contribution in [0.15, 0.2) is 59.2 Å². The van der Waals surface area contributed by atoms with Crippen molar-refractivity contribution >= 4 is 40.5 Å². The third kappa shape index (κ3) is 2.76. The van der Waals surface area contributed by atoms with Crippen LogP contribution in [0.2, 0.25) is 5.02 Å². The molecule has 3 aromatic rings. The van der Waals surface area contributed by atoms with Crippen LogP contribution < -0.4 is 10.2 Å². The van der Waals surface area contributed by atoms with Crippen LogP contribution in [0.25, 0.3) is 0 Å². The summed E-state index contributed by atoms with van der Waals surface area (Å²) in [6, 6.07) is 14.4. The van der Waals surface area contributed by atoms with Crippen molar-refractivity contribution in [2.24, 2.45) is 0 Å². The number of para-hydroxylation sites is 1. The molecule has 1 N–H and O–H groups in total. The van der Waals surface area contributed by atoms with E-state index in [1.54, 1.807) is 36.1 Å². The van der Waals surface area contributed by atoms with Gasteiger partial charge in [0.05, 0.1) is 29.1 Å². The molecule has 0 fully saturated rings. The fourth-order valence-electron chi connectivity index (χ4n) is 3.08. The third-order valence-electron chi connectivity index (χ3n) is 4.34. The molecule has 2 aromatic carbocycles. The van der Waals surface area contributed by atoms with Gasteiger partial charge in [-0.2, -0.15) is 0 Å². The van der Waals surface area contributed by atoms with Crippen molar-refractivity contribution in [3.05, 3.63) is 76.7 Å². The lowest BCUT2D eigenvalue weighted by Gasteiger charge is -2.19. The predicted molar refractivity (Wildman–Crippen MR) is 100 cm³/mol. The summed E-state index contributed by atoms with van der Waals surface area (Å²) < 4.78 is 5.19. The van der Waals surface area contributed by atoms with Gasteiger partial charge in [-0.05, 0) is 42.8 Å². The van der Waals surface area contributed by atoms with Gasteiger partial charge in [0.2, 0.25) is 5.91 Å². The number of hydrogen-bond donors (Lipinski definition) is 1. The van der Waals surface area contributed by atoms with Crippen molar-refractivity contribution in [3.8, 4) is 0 Å². The lowest BCUT2D eigenvalue weighted by molar-refractivity contribution is -0.116. The second kappa shape index (κ2) is 6.35. The minimum absolute atomic E-state index is 0.0314. The summed E-state index contributed by atoms with van der Waals surface area (Å²) in [5.41, 5.74) is 3.68.